The maximum absolute atomic E-state index is 11.8. The van der Waals surface area contributed by atoms with E-state index in [0.717, 1.165) is 19.3 Å². The molecule has 0 saturated heterocycles. The highest BCUT2D eigenvalue weighted by molar-refractivity contribution is 5.87. The van der Waals surface area contributed by atoms with Crippen molar-refractivity contribution in [2.75, 3.05) is 33.7 Å². The molecule has 1 amide bonds. The molecule has 5 nitrogen and oxygen atoms in total. The molecule has 5 heteroatoms. The zero-order valence-electron chi connectivity index (χ0n) is 22.9. The molecule has 0 bridgehead atoms. The van der Waals surface area contributed by atoms with Crippen LogP contribution in [0.2, 0.25) is 0 Å². The number of carboxylic acid groups (broad SMARTS) is 1. The van der Waals surface area contributed by atoms with Gasteiger partial charge in [0.1, 0.15) is 6.54 Å². The van der Waals surface area contributed by atoms with Crippen LogP contribution >= 0.6 is 0 Å². The van der Waals surface area contributed by atoms with Crippen LogP contribution in [0.15, 0.2) is 12.2 Å². The molecule has 0 spiro atoms. The predicted octanol–water partition coefficient (Wildman–Crippen LogP) is 5.92. The molecule has 0 aliphatic carbocycles. The first-order chi connectivity index (χ1) is 16.4. The number of aliphatic carboxylic acids is 1. The molecule has 0 atom stereocenters. The monoisotopic (exact) mass is 480 g/mol. The summed E-state index contributed by atoms with van der Waals surface area (Å²) < 4.78 is 0.368. The summed E-state index contributed by atoms with van der Waals surface area (Å²) in [7, 11) is 3.71. The summed E-state index contributed by atoms with van der Waals surface area (Å²) in [5.74, 6) is -1.10. The van der Waals surface area contributed by atoms with Gasteiger partial charge in [0.2, 0.25) is 5.91 Å². The SMILES string of the molecule is CCCCCCCCCCCCCCCCCCC/C=C\C(=O)NCCC[N+](C)(C)CC(=O)[O-]. The number of unbranched alkanes of at least 4 members (excludes halogenated alkanes) is 17. The molecule has 0 fully saturated rings. The second-order valence-electron chi connectivity index (χ2n) is 10.7. The number of allylic oxidation sites excluding steroid dienone is 1. The zero-order valence-corrected chi connectivity index (χ0v) is 22.9. The van der Waals surface area contributed by atoms with E-state index in [2.05, 4.69) is 12.2 Å². The van der Waals surface area contributed by atoms with Crippen LogP contribution in [-0.2, 0) is 9.59 Å². The fourth-order valence-corrected chi connectivity index (χ4v) is 4.38. The van der Waals surface area contributed by atoms with E-state index in [1.807, 2.05) is 20.2 Å². The van der Waals surface area contributed by atoms with Crippen LogP contribution in [0.1, 0.15) is 129 Å². The first kappa shape index (κ1) is 32.6. The smallest absolute Gasteiger partial charge is 0.243 e. The lowest BCUT2D eigenvalue weighted by Gasteiger charge is -2.30. The molecule has 34 heavy (non-hydrogen) atoms. The van der Waals surface area contributed by atoms with Gasteiger partial charge in [-0.3, -0.25) is 4.79 Å². The van der Waals surface area contributed by atoms with Crippen molar-refractivity contribution in [2.24, 2.45) is 0 Å². The van der Waals surface area contributed by atoms with E-state index in [-0.39, 0.29) is 12.5 Å². The van der Waals surface area contributed by atoms with E-state index in [9.17, 15) is 14.7 Å². The third-order valence-corrected chi connectivity index (χ3v) is 6.54. The van der Waals surface area contributed by atoms with Crippen molar-refractivity contribution in [2.45, 2.75) is 129 Å². The number of carbonyl (C=O) groups excluding carboxylic acids is 2. The Bertz CT molecular complexity index is 518. The summed E-state index contributed by atoms with van der Waals surface area (Å²) >= 11 is 0. The Morgan fingerprint density at radius 3 is 1.59 bits per heavy atom. The van der Waals surface area contributed by atoms with E-state index in [1.54, 1.807) is 6.08 Å². The molecule has 0 aliphatic rings. The fraction of sp³-hybridized carbons (Fsp3) is 0.862. The summed E-state index contributed by atoms with van der Waals surface area (Å²) in [6.45, 7) is 3.53. The van der Waals surface area contributed by atoms with Crippen molar-refractivity contribution in [3.05, 3.63) is 12.2 Å². The van der Waals surface area contributed by atoms with Crippen LogP contribution < -0.4 is 10.4 Å². The summed E-state index contributed by atoms with van der Waals surface area (Å²) in [6, 6.07) is 0. The number of carbonyl (C=O) groups is 2. The molecule has 0 heterocycles. The topological polar surface area (TPSA) is 69.2 Å². The molecule has 0 rings (SSSR count). The Labute approximate surface area is 211 Å². The normalized spacial score (nSPS) is 11.9. The molecule has 0 radical (unpaired) electrons. The molecule has 200 valence electrons. The van der Waals surface area contributed by atoms with E-state index in [1.165, 1.54) is 103 Å². The van der Waals surface area contributed by atoms with Crippen molar-refractivity contribution in [3.8, 4) is 0 Å². The molecule has 0 aliphatic heterocycles. The van der Waals surface area contributed by atoms with Crippen LogP contribution in [0.25, 0.3) is 0 Å². The van der Waals surface area contributed by atoms with Gasteiger partial charge in [0.05, 0.1) is 26.6 Å². The minimum absolute atomic E-state index is 0.00674. The van der Waals surface area contributed by atoms with Gasteiger partial charge in [0, 0.05) is 13.0 Å². The van der Waals surface area contributed by atoms with Gasteiger partial charge in [-0.2, -0.15) is 0 Å². The van der Waals surface area contributed by atoms with Gasteiger partial charge in [-0.15, -0.1) is 0 Å². The minimum Gasteiger partial charge on any atom is -0.544 e. The van der Waals surface area contributed by atoms with Crippen LogP contribution in [0.5, 0.6) is 0 Å². The second kappa shape index (κ2) is 23.4. The van der Waals surface area contributed by atoms with Gasteiger partial charge < -0.3 is 19.7 Å². The average molecular weight is 481 g/mol. The van der Waals surface area contributed by atoms with Gasteiger partial charge in [0.25, 0.3) is 0 Å². The van der Waals surface area contributed by atoms with Crippen molar-refractivity contribution in [1.82, 2.24) is 5.32 Å². The van der Waals surface area contributed by atoms with Gasteiger partial charge in [-0.1, -0.05) is 116 Å². The third-order valence-electron chi connectivity index (χ3n) is 6.54. The van der Waals surface area contributed by atoms with Gasteiger partial charge in [-0.05, 0) is 18.9 Å². The predicted molar refractivity (Wildman–Crippen MR) is 142 cm³/mol. The fourth-order valence-electron chi connectivity index (χ4n) is 4.38. The number of quaternary nitrogens is 1. The lowest BCUT2D eigenvalue weighted by Crippen LogP contribution is -2.49. The number of nitrogens with zero attached hydrogens (tertiary/aromatic N) is 1. The molecule has 0 aromatic rings. The number of likely N-dealkylation sites (N-methyl/N-ethyl adjacent to an activating group) is 1. The van der Waals surface area contributed by atoms with Gasteiger partial charge >= 0.3 is 0 Å². The number of carboxylic acids is 1. The summed E-state index contributed by atoms with van der Waals surface area (Å²) in [6.07, 6.45) is 28.7. The maximum atomic E-state index is 11.8. The summed E-state index contributed by atoms with van der Waals surface area (Å²) in [5.41, 5.74) is 0. The average Bonchev–Trinajstić information content (AvgIpc) is 2.77. The first-order valence-electron chi connectivity index (χ1n) is 14.3. The lowest BCUT2D eigenvalue weighted by molar-refractivity contribution is -0.884. The number of hydrogen-bond donors (Lipinski definition) is 1. The van der Waals surface area contributed by atoms with Crippen molar-refractivity contribution in [3.63, 3.8) is 0 Å². The molecular weight excluding hydrogens is 424 g/mol. The molecule has 0 aromatic heterocycles. The highest BCUT2D eigenvalue weighted by Crippen LogP contribution is 2.14. The zero-order chi connectivity index (χ0) is 25.3. The molecule has 0 aromatic carbocycles. The van der Waals surface area contributed by atoms with Gasteiger partial charge in [-0.25, -0.2) is 0 Å². The van der Waals surface area contributed by atoms with Crippen molar-refractivity contribution < 1.29 is 19.2 Å². The molecular formula is C29H56N2O3. The van der Waals surface area contributed by atoms with E-state index < -0.39 is 5.97 Å². The van der Waals surface area contributed by atoms with E-state index >= 15 is 0 Å². The number of amides is 1. The van der Waals surface area contributed by atoms with Crippen molar-refractivity contribution >= 4 is 11.9 Å². The number of hydrogen-bond acceptors (Lipinski definition) is 3. The number of nitrogens with one attached hydrogen (secondary N) is 1. The van der Waals surface area contributed by atoms with Crippen molar-refractivity contribution in [1.29, 1.82) is 0 Å². The van der Waals surface area contributed by atoms with Crippen LogP contribution in [0.4, 0.5) is 0 Å². The van der Waals surface area contributed by atoms with Crippen LogP contribution in [0.3, 0.4) is 0 Å². The lowest BCUT2D eigenvalue weighted by atomic mass is 10.0. The van der Waals surface area contributed by atoms with E-state index in [0.29, 0.717) is 17.6 Å². The highest BCUT2D eigenvalue weighted by Gasteiger charge is 2.14. The van der Waals surface area contributed by atoms with Gasteiger partial charge in [0.15, 0.2) is 0 Å². The number of rotatable bonds is 25. The Morgan fingerprint density at radius 2 is 1.15 bits per heavy atom. The quantitative estimate of drug-likeness (QED) is 0.100. The minimum atomic E-state index is -1.04. The summed E-state index contributed by atoms with van der Waals surface area (Å²) in [4.78, 5) is 22.5. The highest BCUT2D eigenvalue weighted by atomic mass is 16.4. The van der Waals surface area contributed by atoms with Crippen LogP contribution in [0, 0.1) is 0 Å². The molecule has 1 N–H and O–H groups in total. The molecule has 0 saturated carbocycles. The maximum Gasteiger partial charge on any atom is 0.243 e. The van der Waals surface area contributed by atoms with Crippen LogP contribution in [-0.4, -0.2) is 50.1 Å². The molecule has 0 unspecified atom stereocenters. The Balaban J connectivity index is 3.34. The Morgan fingerprint density at radius 1 is 0.706 bits per heavy atom. The third kappa shape index (κ3) is 25.3. The largest absolute Gasteiger partial charge is 0.544 e. The Kier molecular flexibility index (Phi) is 22.4. The summed E-state index contributed by atoms with van der Waals surface area (Å²) in [5, 5.41) is 13.6. The van der Waals surface area contributed by atoms with E-state index in [4.69, 9.17) is 0 Å². The standard InChI is InChI=1S/C29H56N2O3/c1-4-5-6-7-8-9-10-11-12-13-14-15-16-17-18-19-20-21-22-24-28(32)30-25-23-26-31(2,3)27-29(33)34/h22,24H,4-21,23,25-27H2,1-3H3,(H-,30,32,33,34)/b24-22-. The second-order valence-corrected chi connectivity index (χ2v) is 10.7. The first-order valence-corrected chi connectivity index (χ1v) is 14.3. The Hall–Kier alpha value is -1.36.